The molecule has 0 radical (unpaired) electrons. The number of anilines is 1. The maximum Gasteiger partial charge on any atom is 0.329 e. The molecular formula is C16H25N3O4. The van der Waals surface area contributed by atoms with Gasteiger partial charge in [-0.05, 0) is 0 Å². The van der Waals surface area contributed by atoms with Crippen molar-refractivity contribution in [1.29, 1.82) is 0 Å². The van der Waals surface area contributed by atoms with E-state index in [1.807, 2.05) is 20.8 Å². The molecule has 1 aromatic rings. The van der Waals surface area contributed by atoms with Crippen molar-refractivity contribution in [1.82, 2.24) is 10.1 Å². The summed E-state index contributed by atoms with van der Waals surface area (Å²) in [7, 11) is 1.71. The average Bonchev–Trinajstić information content (AvgIpc) is 2.92. The number of carbonyl (C=O) groups is 2. The zero-order chi connectivity index (χ0) is 17.4. The normalized spacial score (nSPS) is 19.4. The van der Waals surface area contributed by atoms with Crippen LogP contribution >= 0.6 is 0 Å². The fraction of sp³-hybridized carbons (Fsp3) is 0.688. The number of aromatic nitrogens is 1. The number of carbonyl (C=O) groups excluding carboxylic acids is 2. The molecule has 0 aromatic carbocycles. The highest BCUT2D eigenvalue weighted by atomic mass is 16.6. The Kier molecular flexibility index (Phi) is 4.68. The lowest BCUT2D eigenvalue weighted by atomic mass is 9.92. The van der Waals surface area contributed by atoms with Crippen LogP contribution in [0.2, 0.25) is 0 Å². The van der Waals surface area contributed by atoms with Crippen molar-refractivity contribution < 1.29 is 18.8 Å². The van der Waals surface area contributed by atoms with Gasteiger partial charge in [0.15, 0.2) is 6.23 Å². The highest BCUT2D eigenvalue weighted by molar-refractivity contribution is 5.92. The van der Waals surface area contributed by atoms with E-state index in [1.165, 1.54) is 4.90 Å². The van der Waals surface area contributed by atoms with E-state index in [9.17, 15) is 9.59 Å². The van der Waals surface area contributed by atoms with Gasteiger partial charge < -0.3 is 14.2 Å². The Hall–Kier alpha value is -2.05. The zero-order valence-electron chi connectivity index (χ0n) is 14.6. The summed E-state index contributed by atoms with van der Waals surface area (Å²) in [4.78, 5) is 27.4. The van der Waals surface area contributed by atoms with Gasteiger partial charge in [0, 0.05) is 31.5 Å². The van der Waals surface area contributed by atoms with Crippen molar-refractivity contribution in [3.63, 3.8) is 0 Å². The molecule has 1 fully saturated rings. The molecule has 0 bridgehead atoms. The minimum Gasteiger partial charge on any atom is -0.441 e. The predicted octanol–water partition coefficient (Wildman–Crippen LogP) is 2.76. The van der Waals surface area contributed by atoms with E-state index < -0.39 is 6.23 Å². The maximum absolute atomic E-state index is 12.5. The standard InChI is InChI=1S/C16H25N3O4/c1-10(2)14(20)22-12-7-8-18(6)15(21)19(12)13-9-11(17-23-13)16(3,4)5/h9-10,12H,7-8H2,1-6H3. The molecular weight excluding hydrogens is 298 g/mol. The fourth-order valence-corrected chi connectivity index (χ4v) is 2.19. The molecule has 128 valence electrons. The van der Waals surface area contributed by atoms with Crippen LogP contribution in [0.3, 0.4) is 0 Å². The second-order valence-electron chi connectivity index (χ2n) is 7.21. The monoisotopic (exact) mass is 323 g/mol. The zero-order valence-corrected chi connectivity index (χ0v) is 14.6. The van der Waals surface area contributed by atoms with E-state index in [2.05, 4.69) is 5.16 Å². The Morgan fingerprint density at radius 3 is 2.61 bits per heavy atom. The number of esters is 1. The first-order valence-electron chi connectivity index (χ1n) is 7.83. The number of nitrogens with zero attached hydrogens (tertiary/aromatic N) is 3. The van der Waals surface area contributed by atoms with Crippen LogP contribution in [0.1, 0.15) is 46.7 Å². The third kappa shape index (κ3) is 3.65. The van der Waals surface area contributed by atoms with Crippen LogP contribution in [0, 0.1) is 5.92 Å². The molecule has 1 unspecified atom stereocenters. The van der Waals surface area contributed by atoms with Crippen LogP contribution in [-0.4, -0.2) is 41.9 Å². The summed E-state index contributed by atoms with van der Waals surface area (Å²) in [5.41, 5.74) is 0.541. The fourth-order valence-electron chi connectivity index (χ4n) is 2.19. The van der Waals surface area contributed by atoms with Crippen molar-refractivity contribution in [3.8, 4) is 0 Å². The highest BCUT2D eigenvalue weighted by Crippen LogP contribution is 2.30. The average molecular weight is 323 g/mol. The molecule has 1 aromatic heterocycles. The van der Waals surface area contributed by atoms with Crippen molar-refractivity contribution in [3.05, 3.63) is 11.8 Å². The second kappa shape index (κ2) is 6.22. The largest absolute Gasteiger partial charge is 0.441 e. The number of rotatable bonds is 3. The number of ether oxygens (including phenoxy) is 1. The topological polar surface area (TPSA) is 75.9 Å². The number of hydrogen-bond donors (Lipinski definition) is 0. The third-order valence-electron chi connectivity index (χ3n) is 3.76. The molecule has 0 N–H and O–H groups in total. The third-order valence-corrected chi connectivity index (χ3v) is 3.76. The minimum atomic E-state index is -0.672. The van der Waals surface area contributed by atoms with Crippen molar-refractivity contribution in [2.75, 3.05) is 18.5 Å². The van der Waals surface area contributed by atoms with E-state index in [4.69, 9.17) is 9.26 Å². The van der Waals surface area contributed by atoms with Gasteiger partial charge in [-0.25, -0.2) is 9.69 Å². The lowest BCUT2D eigenvalue weighted by molar-refractivity contribution is -0.153. The van der Waals surface area contributed by atoms with Gasteiger partial charge in [-0.15, -0.1) is 0 Å². The predicted molar refractivity (Wildman–Crippen MR) is 85.0 cm³/mol. The summed E-state index contributed by atoms with van der Waals surface area (Å²) in [6.45, 7) is 10.1. The molecule has 7 nitrogen and oxygen atoms in total. The van der Waals surface area contributed by atoms with Gasteiger partial charge in [-0.2, -0.15) is 0 Å². The quantitative estimate of drug-likeness (QED) is 0.800. The SMILES string of the molecule is CC(C)C(=O)OC1CCN(C)C(=O)N1c1cc(C(C)(C)C)no1. The first kappa shape index (κ1) is 17.3. The van der Waals surface area contributed by atoms with Crippen LogP contribution < -0.4 is 4.90 Å². The van der Waals surface area contributed by atoms with E-state index >= 15 is 0 Å². The minimum absolute atomic E-state index is 0.198. The Morgan fingerprint density at radius 1 is 1.43 bits per heavy atom. The Balaban J connectivity index is 2.30. The van der Waals surface area contributed by atoms with Gasteiger partial charge in [0.05, 0.1) is 11.6 Å². The van der Waals surface area contributed by atoms with Gasteiger partial charge >= 0.3 is 12.0 Å². The smallest absolute Gasteiger partial charge is 0.329 e. The van der Waals surface area contributed by atoms with Crippen molar-refractivity contribution in [2.45, 2.75) is 52.7 Å². The van der Waals surface area contributed by atoms with Crippen LogP contribution in [0.15, 0.2) is 10.6 Å². The summed E-state index contributed by atoms with van der Waals surface area (Å²) >= 11 is 0. The van der Waals surface area contributed by atoms with E-state index in [1.54, 1.807) is 31.9 Å². The Bertz CT molecular complexity index is 588. The molecule has 0 aliphatic carbocycles. The van der Waals surface area contributed by atoms with Gasteiger partial charge in [-0.3, -0.25) is 4.79 Å². The van der Waals surface area contributed by atoms with E-state index in [0.29, 0.717) is 18.8 Å². The highest BCUT2D eigenvalue weighted by Gasteiger charge is 2.38. The summed E-state index contributed by atoms with van der Waals surface area (Å²) in [6, 6.07) is 1.46. The Morgan fingerprint density at radius 2 is 2.09 bits per heavy atom. The first-order chi connectivity index (χ1) is 10.6. The summed E-state index contributed by atoms with van der Waals surface area (Å²) in [5.74, 6) is -0.299. The molecule has 1 aliphatic heterocycles. The van der Waals surface area contributed by atoms with Crippen LogP contribution in [0.5, 0.6) is 0 Å². The molecule has 1 saturated heterocycles. The van der Waals surface area contributed by atoms with Crippen LogP contribution in [0.25, 0.3) is 0 Å². The molecule has 2 rings (SSSR count). The number of urea groups is 1. The van der Waals surface area contributed by atoms with Gasteiger partial charge in [0.1, 0.15) is 0 Å². The molecule has 0 spiro atoms. The van der Waals surface area contributed by atoms with Gasteiger partial charge in [0.25, 0.3) is 0 Å². The van der Waals surface area contributed by atoms with Crippen molar-refractivity contribution >= 4 is 17.9 Å². The van der Waals surface area contributed by atoms with Crippen LogP contribution in [-0.2, 0) is 14.9 Å². The molecule has 23 heavy (non-hydrogen) atoms. The van der Waals surface area contributed by atoms with E-state index in [-0.39, 0.29) is 23.3 Å². The van der Waals surface area contributed by atoms with E-state index in [0.717, 1.165) is 5.69 Å². The lowest BCUT2D eigenvalue weighted by Crippen LogP contribution is -2.55. The molecule has 2 heterocycles. The number of hydrogen-bond acceptors (Lipinski definition) is 5. The lowest BCUT2D eigenvalue weighted by Gasteiger charge is -2.37. The molecule has 0 saturated carbocycles. The summed E-state index contributed by atoms with van der Waals surface area (Å²) in [5, 5.41) is 4.04. The maximum atomic E-state index is 12.5. The summed E-state index contributed by atoms with van der Waals surface area (Å²) in [6.07, 6.45) is -0.152. The first-order valence-corrected chi connectivity index (χ1v) is 7.83. The molecule has 2 amide bonds. The summed E-state index contributed by atoms with van der Waals surface area (Å²) < 4.78 is 10.8. The van der Waals surface area contributed by atoms with Gasteiger partial charge in [-0.1, -0.05) is 39.8 Å². The van der Waals surface area contributed by atoms with Gasteiger partial charge in [0.2, 0.25) is 5.88 Å². The van der Waals surface area contributed by atoms with Crippen LogP contribution in [0.4, 0.5) is 10.7 Å². The Labute approximate surface area is 136 Å². The second-order valence-corrected chi connectivity index (χ2v) is 7.21. The number of amides is 2. The molecule has 7 heteroatoms. The molecule has 1 aliphatic rings. The molecule has 1 atom stereocenters. The van der Waals surface area contributed by atoms with Crippen molar-refractivity contribution in [2.24, 2.45) is 5.92 Å².